The second kappa shape index (κ2) is 17.9. The van der Waals surface area contributed by atoms with E-state index >= 15 is 0 Å². The number of aryl methyl sites for hydroxylation is 1. The van der Waals surface area contributed by atoms with Crippen molar-refractivity contribution in [2.45, 2.75) is 129 Å². The van der Waals surface area contributed by atoms with Gasteiger partial charge in [-0.15, -0.1) is 0 Å². The smallest absolute Gasteiger partial charge is 0.119 e. The first kappa shape index (κ1) is 24.9. The van der Waals surface area contributed by atoms with Crippen molar-refractivity contribution in [3.8, 4) is 11.5 Å². The Labute approximate surface area is 174 Å². The van der Waals surface area contributed by atoms with E-state index in [0.29, 0.717) is 0 Å². The molecule has 0 heterocycles. The monoisotopic (exact) mass is 390 g/mol. The molecule has 0 unspecified atom stereocenters. The maximum Gasteiger partial charge on any atom is 0.119 e. The Bertz CT molecular complexity index is 449. The number of rotatable bonds is 19. The Morgan fingerprint density at radius 3 is 1.14 bits per heavy atom. The van der Waals surface area contributed by atoms with Crippen molar-refractivity contribution in [3.05, 3.63) is 23.8 Å². The average Bonchev–Trinajstić information content (AvgIpc) is 2.66. The molecule has 162 valence electrons. The van der Waals surface area contributed by atoms with E-state index in [9.17, 15) is 10.2 Å². The van der Waals surface area contributed by atoms with E-state index in [-0.39, 0.29) is 11.5 Å². The number of hydrogen-bond donors (Lipinski definition) is 2. The highest BCUT2D eigenvalue weighted by Gasteiger charge is 2.00. The number of phenolic OH excluding ortho intramolecular Hbond substituents is 2. The van der Waals surface area contributed by atoms with Crippen LogP contribution in [0.1, 0.15) is 128 Å². The summed E-state index contributed by atoms with van der Waals surface area (Å²) in [6, 6.07) is 4.90. The molecule has 1 rings (SSSR count). The molecule has 0 aliphatic heterocycles. The molecule has 0 aromatic heterocycles. The number of benzene rings is 1. The van der Waals surface area contributed by atoms with Crippen LogP contribution in [0, 0.1) is 0 Å². The molecule has 0 atom stereocenters. The topological polar surface area (TPSA) is 40.5 Å². The van der Waals surface area contributed by atoms with Gasteiger partial charge in [-0.25, -0.2) is 0 Å². The van der Waals surface area contributed by atoms with Crippen LogP contribution < -0.4 is 0 Å². The van der Waals surface area contributed by atoms with E-state index in [0.717, 1.165) is 18.4 Å². The minimum atomic E-state index is 0.164. The highest BCUT2D eigenvalue weighted by molar-refractivity contribution is 5.36. The number of phenols is 2. The summed E-state index contributed by atoms with van der Waals surface area (Å²) in [6.07, 6.45) is 26.0. The lowest BCUT2D eigenvalue weighted by Gasteiger charge is -2.05. The van der Waals surface area contributed by atoms with Crippen molar-refractivity contribution >= 4 is 0 Å². The van der Waals surface area contributed by atoms with Gasteiger partial charge in [0.1, 0.15) is 11.5 Å². The predicted molar refractivity (Wildman–Crippen MR) is 122 cm³/mol. The SMILES string of the molecule is CCCCCCCCCCCCCCCCCCCCc1cc(O)cc(O)c1. The molecular weight excluding hydrogens is 344 g/mol. The van der Waals surface area contributed by atoms with Gasteiger partial charge >= 0.3 is 0 Å². The molecule has 0 aliphatic carbocycles. The Hall–Kier alpha value is -1.18. The molecule has 0 aliphatic rings. The Balaban J connectivity index is 1.76. The van der Waals surface area contributed by atoms with Gasteiger partial charge in [0.15, 0.2) is 0 Å². The molecule has 2 heteroatoms. The highest BCUT2D eigenvalue weighted by atomic mass is 16.3. The highest BCUT2D eigenvalue weighted by Crippen LogP contribution is 2.22. The van der Waals surface area contributed by atoms with Gasteiger partial charge < -0.3 is 10.2 Å². The molecular formula is C26H46O2. The molecule has 0 bridgehead atoms. The lowest BCUT2D eigenvalue weighted by molar-refractivity contribution is 0.449. The fourth-order valence-corrected chi connectivity index (χ4v) is 4.03. The average molecular weight is 391 g/mol. The molecule has 1 aromatic carbocycles. The third-order valence-electron chi connectivity index (χ3n) is 5.78. The van der Waals surface area contributed by atoms with Crippen molar-refractivity contribution in [1.29, 1.82) is 0 Å². The molecule has 0 amide bonds. The summed E-state index contributed by atoms with van der Waals surface area (Å²) >= 11 is 0. The summed E-state index contributed by atoms with van der Waals surface area (Å²) in [5, 5.41) is 19.0. The van der Waals surface area contributed by atoms with Crippen LogP contribution >= 0.6 is 0 Å². The fourth-order valence-electron chi connectivity index (χ4n) is 4.03. The summed E-state index contributed by atoms with van der Waals surface area (Å²) in [5.74, 6) is 0.329. The van der Waals surface area contributed by atoms with Crippen molar-refractivity contribution in [1.82, 2.24) is 0 Å². The van der Waals surface area contributed by atoms with Crippen LogP contribution in [0.5, 0.6) is 11.5 Å². The quantitative estimate of drug-likeness (QED) is 0.232. The van der Waals surface area contributed by atoms with Crippen LogP contribution in [0.3, 0.4) is 0 Å². The van der Waals surface area contributed by atoms with Crippen LogP contribution in [0.25, 0.3) is 0 Å². The van der Waals surface area contributed by atoms with Crippen molar-refractivity contribution in [2.24, 2.45) is 0 Å². The Morgan fingerprint density at radius 2 is 0.786 bits per heavy atom. The fraction of sp³-hybridized carbons (Fsp3) is 0.769. The summed E-state index contributed by atoms with van der Waals surface area (Å²) < 4.78 is 0. The zero-order chi connectivity index (χ0) is 20.3. The van der Waals surface area contributed by atoms with Crippen molar-refractivity contribution in [2.75, 3.05) is 0 Å². The minimum absolute atomic E-state index is 0.164. The molecule has 2 N–H and O–H groups in total. The summed E-state index contributed by atoms with van der Waals surface area (Å²) in [4.78, 5) is 0. The van der Waals surface area contributed by atoms with Crippen LogP contribution in [-0.4, -0.2) is 10.2 Å². The second-order valence-electron chi connectivity index (χ2n) is 8.62. The molecule has 0 spiro atoms. The van der Waals surface area contributed by atoms with Crippen molar-refractivity contribution in [3.63, 3.8) is 0 Å². The first-order chi connectivity index (χ1) is 13.7. The molecule has 0 saturated heterocycles. The van der Waals surface area contributed by atoms with E-state index in [1.54, 1.807) is 12.1 Å². The molecule has 28 heavy (non-hydrogen) atoms. The number of unbranched alkanes of at least 4 members (excludes halogenated alkanes) is 17. The zero-order valence-corrected chi connectivity index (χ0v) is 18.6. The van der Waals surface area contributed by atoms with E-state index in [1.165, 1.54) is 115 Å². The van der Waals surface area contributed by atoms with Crippen molar-refractivity contribution < 1.29 is 10.2 Å². The third kappa shape index (κ3) is 14.8. The maximum absolute atomic E-state index is 9.49. The third-order valence-corrected chi connectivity index (χ3v) is 5.78. The maximum atomic E-state index is 9.49. The van der Waals surface area contributed by atoms with E-state index in [4.69, 9.17) is 0 Å². The number of hydrogen-bond acceptors (Lipinski definition) is 2. The van der Waals surface area contributed by atoms with Gasteiger partial charge in [0.05, 0.1) is 0 Å². The van der Waals surface area contributed by atoms with Gasteiger partial charge in [-0.3, -0.25) is 0 Å². The lowest BCUT2D eigenvalue weighted by atomic mass is 10.0. The zero-order valence-electron chi connectivity index (χ0n) is 18.6. The molecule has 2 nitrogen and oxygen atoms in total. The van der Waals surface area contributed by atoms with Crippen LogP contribution in [0.15, 0.2) is 18.2 Å². The predicted octanol–water partition coefficient (Wildman–Crippen LogP) is 8.68. The summed E-state index contributed by atoms with van der Waals surface area (Å²) in [5.41, 5.74) is 1.04. The van der Waals surface area contributed by atoms with Gasteiger partial charge in [-0.2, -0.15) is 0 Å². The molecule has 0 fully saturated rings. The normalized spacial score (nSPS) is 11.2. The summed E-state index contributed by atoms with van der Waals surface area (Å²) in [7, 11) is 0. The Kier molecular flexibility index (Phi) is 15.9. The largest absolute Gasteiger partial charge is 0.508 e. The first-order valence-electron chi connectivity index (χ1n) is 12.2. The standard InChI is InChI=1S/C26H46O2/c1-2-3-4-5-6-7-8-9-10-11-12-13-14-15-16-17-18-19-20-24-21-25(27)23-26(28)22-24/h21-23,27-28H,2-20H2,1H3. The van der Waals surface area contributed by atoms with Crippen LogP contribution in [0.2, 0.25) is 0 Å². The van der Waals surface area contributed by atoms with Gasteiger partial charge in [0.25, 0.3) is 0 Å². The van der Waals surface area contributed by atoms with Gasteiger partial charge in [0, 0.05) is 6.07 Å². The molecule has 0 radical (unpaired) electrons. The minimum Gasteiger partial charge on any atom is -0.508 e. The van der Waals surface area contributed by atoms with E-state index in [1.807, 2.05) is 0 Å². The second-order valence-corrected chi connectivity index (χ2v) is 8.62. The van der Waals surface area contributed by atoms with Crippen LogP contribution in [0.4, 0.5) is 0 Å². The summed E-state index contributed by atoms with van der Waals surface area (Å²) in [6.45, 7) is 2.29. The van der Waals surface area contributed by atoms with E-state index in [2.05, 4.69) is 6.92 Å². The van der Waals surface area contributed by atoms with Gasteiger partial charge in [-0.05, 0) is 30.5 Å². The lowest BCUT2D eigenvalue weighted by Crippen LogP contribution is -1.87. The Morgan fingerprint density at radius 1 is 0.464 bits per heavy atom. The van der Waals surface area contributed by atoms with Crippen LogP contribution in [-0.2, 0) is 6.42 Å². The molecule has 1 aromatic rings. The number of aromatic hydroxyl groups is 2. The van der Waals surface area contributed by atoms with E-state index < -0.39 is 0 Å². The van der Waals surface area contributed by atoms with Gasteiger partial charge in [-0.1, -0.05) is 116 Å². The van der Waals surface area contributed by atoms with Gasteiger partial charge in [0.2, 0.25) is 0 Å². The molecule has 0 saturated carbocycles. The first-order valence-corrected chi connectivity index (χ1v) is 12.2.